The maximum Gasteiger partial charge on any atom is 0.271 e. The molecule has 0 aliphatic rings. The summed E-state index contributed by atoms with van der Waals surface area (Å²) in [6.45, 7) is 1.75. The Morgan fingerprint density at radius 2 is 1.53 bits per heavy atom. The van der Waals surface area contributed by atoms with Crippen LogP contribution in [0.4, 0.5) is 11.4 Å². The topological polar surface area (TPSA) is 121 Å². The minimum absolute atomic E-state index is 0.0323. The molecule has 0 fully saturated rings. The number of hydrogen-bond donors (Lipinski definition) is 0. The van der Waals surface area contributed by atoms with Crippen LogP contribution in [0.2, 0.25) is 0 Å². The van der Waals surface area contributed by atoms with Crippen molar-refractivity contribution < 1.29 is 9.85 Å². The summed E-state index contributed by atoms with van der Waals surface area (Å²) in [5.74, 6) is 0.274. The molecule has 0 aliphatic carbocycles. The van der Waals surface area contributed by atoms with Crippen LogP contribution in [-0.4, -0.2) is 19.4 Å². The molecule has 32 heavy (non-hydrogen) atoms. The average Bonchev–Trinajstić information content (AvgIpc) is 2.78. The van der Waals surface area contributed by atoms with Crippen molar-refractivity contribution in [2.75, 3.05) is 0 Å². The summed E-state index contributed by atoms with van der Waals surface area (Å²) in [5, 5.41) is 22.5. The van der Waals surface area contributed by atoms with Gasteiger partial charge in [-0.15, -0.1) is 0 Å². The Labute approximate surface area is 181 Å². The molecule has 1 heterocycles. The van der Waals surface area contributed by atoms with Crippen LogP contribution in [0.25, 0.3) is 28.7 Å². The Kier molecular flexibility index (Phi) is 5.30. The second-order valence-electron chi connectivity index (χ2n) is 7.04. The highest BCUT2D eigenvalue weighted by atomic mass is 16.6. The number of nitro benzene ring substituents is 2. The van der Waals surface area contributed by atoms with Gasteiger partial charge in [0.1, 0.15) is 5.82 Å². The van der Waals surface area contributed by atoms with Crippen molar-refractivity contribution in [1.29, 1.82) is 0 Å². The number of hydrogen-bond acceptors (Lipinski definition) is 6. The van der Waals surface area contributed by atoms with Crippen molar-refractivity contribution in [1.82, 2.24) is 9.55 Å². The van der Waals surface area contributed by atoms with Crippen LogP contribution in [0.1, 0.15) is 17.0 Å². The fraction of sp³-hybridized carbons (Fsp3) is 0.0435. The van der Waals surface area contributed by atoms with Crippen LogP contribution >= 0.6 is 0 Å². The zero-order chi connectivity index (χ0) is 22.8. The van der Waals surface area contributed by atoms with Gasteiger partial charge in [0.2, 0.25) is 0 Å². The van der Waals surface area contributed by atoms with Gasteiger partial charge in [-0.1, -0.05) is 24.3 Å². The second kappa shape index (κ2) is 8.23. The molecule has 4 rings (SSSR count). The minimum Gasteiger partial charge on any atom is -0.268 e. The van der Waals surface area contributed by atoms with Crippen molar-refractivity contribution in [2.45, 2.75) is 6.92 Å². The van der Waals surface area contributed by atoms with E-state index in [2.05, 4.69) is 4.98 Å². The van der Waals surface area contributed by atoms with Gasteiger partial charge >= 0.3 is 0 Å². The quantitative estimate of drug-likeness (QED) is 0.336. The molecule has 0 N–H and O–H groups in total. The summed E-state index contributed by atoms with van der Waals surface area (Å²) in [4.78, 5) is 39.1. The molecule has 0 aliphatic heterocycles. The third kappa shape index (κ3) is 3.86. The molecule has 9 heteroatoms. The number of nitrogens with zero attached hydrogens (tertiary/aromatic N) is 4. The molecule has 3 aromatic carbocycles. The van der Waals surface area contributed by atoms with Crippen molar-refractivity contribution in [3.63, 3.8) is 0 Å². The van der Waals surface area contributed by atoms with Gasteiger partial charge in [-0.3, -0.25) is 29.6 Å². The molecule has 0 radical (unpaired) electrons. The lowest BCUT2D eigenvalue weighted by Gasteiger charge is -2.13. The highest BCUT2D eigenvalue weighted by Gasteiger charge is 2.16. The minimum atomic E-state index is -0.519. The fourth-order valence-corrected chi connectivity index (χ4v) is 3.32. The highest BCUT2D eigenvalue weighted by molar-refractivity contribution is 5.80. The lowest BCUT2D eigenvalue weighted by Crippen LogP contribution is -2.23. The van der Waals surface area contributed by atoms with Gasteiger partial charge < -0.3 is 0 Å². The maximum atomic E-state index is 13.4. The van der Waals surface area contributed by atoms with E-state index in [4.69, 9.17) is 0 Å². The Morgan fingerprint density at radius 3 is 2.22 bits per heavy atom. The van der Waals surface area contributed by atoms with Gasteiger partial charge in [-0.05, 0) is 48.4 Å². The molecule has 0 amide bonds. The number of fused-ring (bicyclic) bond motifs is 1. The van der Waals surface area contributed by atoms with Gasteiger partial charge in [-0.25, -0.2) is 4.98 Å². The standard InChI is InChI=1S/C23H16N4O5/c1-15-6-10-18(27(31)32)14-21(15)25-22(24-20-5-3-2-4-19(20)23(25)28)13-9-16-7-11-17(12-8-16)26(29)30/h2-14H,1H3/b13-9+. The first-order valence-corrected chi connectivity index (χ1v) is 9.55. The fourth-order valence-electron chi connectivity index (χ4n) is 3.32. The maximum absolute atomic E-state index is 13.4. The molecular formula is C23H16N4O5. The Hall–Kier alpha value is -4.66. The van der Waals surface area contributed by atoms with Crippen LogP contribution in [0.15, 0.2) is 71.5 Å². The molecule has 0 atom stereocenters. The van der Waals surface area contributed by atoms with Crippen LogP contribution < -0.4 is 5.56 Å². The number of nitro groups is 2. The molecule has 9 nitrogen and oxygen atoms in total. The number of rotatable bonds is 5. The predicted octanol–water partition coefficient (Wildman–Crippen LogP) is 4.68. The summed E-state index contributed by atoms with van der Waals surface area (Å²) >= 11 is 0. The van der Waals surface area contributed by atoms with E-state index in [1.165, 1.54) is 28.8 Å². The molecule has 0 bridgehead atoms. The number of benzene rings is 3. The van der Waals surface area contributed by atoms with E-state index in [1.54, 1.807) is 61.5 Å². The van der Waals surface area contributed by atoms with Crippen molar-refractivity contribution in [3.05, 3.63) is 114 Å². The van der Waals surface area contributed by atoms with E-state index in [0.29, 0.717) is 27.7 Å². The van der Waals surface area contributed by atoms with Gasteiger partial charge in [0, 0.05) is 24.3 Å². The van der Waals surface area contributed by atoms with E-state index in [1.807, 2.05) is 0 Å². The van der Waals surface area contributed by atoms with E-state index in [0.717, 1.165) is 0 Å². The summed E-state index contributed by atoms with van der Waals surface area (Å²) in [7, 11) is 0. The highest BCUT2D eigenvalue weighted by Crippen LogP contribution is 2.23. The van der Waals surface area contributed by atoms with Gasteiger partial charge in [0.25, 0.3) is 16.9 Å². The summed E-state index contributed by atoms with van der Waals surface area (Å²) in [6, 6.07) is 17.1. The summed E-state index contributed by atoms with van der Waals surface area (Å²) < 4.78 is 1.34. The molecule has 0 spiro atoms. The zero-order valence-corrected chi connectivity index (χ0v) is 16.8. The van der Waals surface area contributed by atoms with Crippen molar-refractivity contribution in [3.8, 4) is 5.69 Å². The van der Waals surface area contributed by atoms with Crippen LogP contribution in [0, 0.1) is 27.2 Å². The first kappa shape index (κ1) is 20.6. The molecule has 0 saturated heterocycles. The first-order valence-electron chi connectivity index (χ1n) is 9.55. The van der Waals surface area contributed by atoms with Gasteiger partial charge in [0.15, 0.2) is 0 Å². The van der Waals surface area contributed by atoms with E-state index in [-0.39, 0.29) is 22.8 Å². The SMILES string of the molecule is Cc1ccc([N+](=O)[O-])cc1-n1c(/C=C/c2ccc([N+](=O)[O-])cc2)nc2ccccc2c1=O. The third-order valence-corrected chi connectivity index (χ3v) is 4.97. The smallest absolute Gasteiger partial charge is 0.268 e. The number of aromatic nitrogens is 2. The monoisotopic (exact) mass is 428 g/mol. The largest absolute Gasteiger partial charge is 0.271 e. The molecule has 158 valence electrons. The van der Waals surface area contributed by atoms with Crippen molar-refractivity contribution in [2.24, 2.45) is 0 Å². The lowest BCUT2D eigenvalue weighted by atomic mass is 10.1. The van der Waals surface area contributed by atoms with Gasteiger partial charge in [0.05, 0.1) is 26.4 Å². The second-order valence-corrected chi connectivity index (χ2v) is 7.04. The molecule has 0 unspecified atom stereocenters. The van der Waals surface area contributed by atoms with Gasteiger partial charge in [-0.2, -0.15) is 0 Å². The molecule has 1 aromatic heterocycles. The lowest BCUT2D eigenvalue weighted by molar-refractivity contribution is -0.385. The third-order valence-electron chi connectivity index (χ3n) is 4.97. The zero-order valence-electron chi connectivity index (χ0n) is 16.8. The Balaban J connectivity index is 1.92. The van der Waals surface area contributed by atoms with Crippen LogP contribution in [0.5, 0.6) is 0 Å². The van der Waals surface area contributed by atoms with Crippen LogP contribution in [0.3, 0.4) is 0 Å². The Morgan fingerprint density at radius 1 is 0.875 bits per heavy atom. The normalized spacial score (nSPS) is 11.2. The Bertz CT molecular complexity index is 1460. The van der Waals surface area contributed by atoms with E-state index >= 15 is 0 Å². The van der Waals surface area contributed by atoms with Crippen LogP contribution in [-0.2, 0) is 0 Å². The number of non-ortho nitro benzene ring substituents is 2. The summed E-state index contributed by atoms with van der Waals surface area (Å²) in [6.07, 6.45) is 3.27. The van der Waals surface area contributed by atoms with Crippen molar-refractivity contribution >= 4 is 34.4 Å². The predicted molar refractivity (Wildman–Crippen MR) is 121 cm³/mol. The average molecular weight is 428 g/mol. The summed E-state index contributed by atoms with van der Waals surface area (Å²) in [5.41, 5.74) is 1.64. The molecule has 0 saturated carbocycles. The molecule has 4 aromatic rings. The first-order chi connectivity index (χ1) is 15.3. The number of para-hydroxylation sites is 1. The molecular weight excluding hydrogens is 412 g/mol. The van der Waals surface area contributed by atoms with E-state index < -0.39 is 9.85 Å². The van der Waals surface area contributed by atoms with E-state index in [9.17, 15) is 25.0 Å². The number of aryl methyl sites for hydroxylation is 1.